The van der Waals surface area contributed by atoms with E-state index < -0.39 is 0 Å². The summed E-state index contributed by atoms with van der Waals surface area (Å²) in [4.78, 5) is 31.4. The number of fused-ring (bicyclic) bond motifs is 1. The van der Waals surface area contributed by atoms with Crippen molar-refractivity contribution in [3.63, 3.8) is 0 Å². The number of aromatic nitrogens is 1. The van der Waals surface area contributed by atoms with E-state index in [1.54, 1.807) is 23.5 Å². The van der Waals surface area contributed by atoms with E-state index in [2.05, 4.69) is 11.4 Å². The van der Waals surface area contributed by atoms with E-state index in [0.717, 1.165) is 29.9 Å². The highest BCUT2D eigenvalue weighted by Crippen LogP contribution is 2.33. The van der Waals surface area contributed by atoms with E-state index in [-0.39, 0.29) is 11.8 Å². The van der Waals surface area contributed by atoms with Gasteiger partial charge in [0.2, 0.25) is 5.91 Å². The summed E-state index contributed by atoms with van der Waals surface area (Å²) in [6.45, 7) is 1.85. The predicted molar refractivity (Wildman–Crippen MR) is 112 cm³/mol. The van der Waals surface area contributed by atoms with Crippen LogP contribution in [0.2, 0.25) is 0 Å². The van der Waals surface area contributed by atoms with E-state index in [4.69, 9.17) is 4.98 Å². The van der Waals surface area contributed by atoms with Gasteiger partial charge < -0.3 is 10.2 Å². The zero-order valence-corrected chi connectivity index (χ0v) is 16.5. The van der Waals surface area contributed by atoms with Crippen LogP contribution in [-0.4, -0.2) is 41.3 Å². The predicted octanol–water partition coefficient (Wildman–Crippen LogP) is 3.82. The average molecular weight is 394 g/mol. The molecule has 4 rings (SSSR count). The number of para-hydroxylation sites is 1. The minimum Gasteiger partial charge on any atom is -0.352 e. The molecular weight excluding hydrogens is 370 g/mol. The smallest absolute Gasteiger partial charge is 0.251 e. The van der Waals surface area contributed by atoms with Crippen molar-refractivity contribution in [3.05, 3.63) is 65.2 Å². The maximum absolute atomic E-state index is 12.6. The molecule has 1 aliphatic heterocycles. The van der Waals surface area contributed by atoms with Crippen LogP contribution in [0.1, 0.15) is 40.5 Å². The molecule has 0 saturated carbocycles. The van der Waals surface area contributed by atoms with Gasteiger partial charge in [-0.05, 0) is 37.1 Å². The number of rotatable bonds is 5. The van der Waals surface area contributed by atoms with Gasteiger partial charge in [0, 0.05) is 37.5 Å². The highest BCUT2D eigenvalue weighted by Gasteiger charge is 2.26. The van der Waals surface area contributed by atoms with Gasteiger partial charge in [-0.3, -0.25) is 9.59 Å². The molecule has 28 heavy (non-hydrogen) atoms. The molecule has 6 heteroatoms. The fraction of sp³-hybridized carbons (Fsp3) is 0.318. The number of piperidine rings is 1. The molecule has 1 N–H and O–H groups in total. The first-order valence-electron chi connectivity index (χ1n) is 9.67. The van der Waals surface area contributed by atoms with Crippen molar-refractivity contribution in [2.45, 2.75) is 25.2 Å². The Morgan fingerprint density at radius 3 is 2.71 bits per heavy atom. The van der Waals surface area contributed by atoms with E-state index in [1.165, 1.54) is 4.70 Å². The van der Waals surface area contributed by atoms with Crippen LogP contribution in [0.5, 0.6) is 0 Å². The van der Waals surface area contributed by atoms with Crippen molar-refractivity contribution in [2.75, 3.05) is 19.6 Å². The Hall–Kier alpha value is -2.73. The molecule has 0 unspecified atom stereocenters. The van der Waals surface area contributed by atoms with E-state index >= 15 is 0 Å². The van der Waals surface area contributed by atoms with Crippen molar-refractivity contribution in [1.29, 1.82) is 0 Å². The largest absolute Gasteiger partial charge is 0.352 e. The Balaban J connectivity index is 1.31. The number of nitrogens with one attached hydrogen (secondary N) is 1. The lowest BCUT2D eigenvalue weighted by Gasteiger charge is -2.32. The Morgan fingerprint density at radius 1 is 1.11 bits per heavy atom. The summed E-state index contributed by atoms with van der Waals surface area (Å²) in [5.41, 5.74) is 1.65. The van der Waals surface area contributed by atoms with Crippen molar-refractivity contribution >= 4 is 33.4 Å². The zero-order valence-electron chi connectivity index (χ0n) is 15.6. The minimum absolute atomic E-state index is 0.0965. The van der Waals surface area contributed by atoms with Gasteiger partial charge in [0.1, 0.15) is 0 Å². The summed E-state index contributed by atoms with van der Waals surface area (Å²) >= 11 is 1.73. The number of hydrogen-bond donors (Lipinski definition) is 1. The Bertz CT molecular complexity index is 937. The summed E-state index contributed by atoms with van der Waals surface area (Å²) in [5, 5.41) is 3.95. The summed E-state index contributed by atoms with van der Waals surface area (Å²) in [7, 11) is 0. The molecule has 3 aromatic rings. The van der Waals surface area contributed by atoms with Crippen LogP contribution in [0.4, 0.5) is 0 Å². The molecule has 1 aromatic heterocycles. The number of benzene rings is 2. The standard InChI is InChI=1S/C22H23N3O2S/c26-20(12-13-23-21(27)16-7-2-1-3-8-16)25-14-6-9-17(15-25)22-24-18-10-4-5-11-19(18)28-22/h1-5,7-8,10-11,17H,6,9,12-15H2,(H,23,27)/t17-/m1/s1. The van der Waals surface area contributed by atoms with Gasteiger partial charge >= 0.3 is 0 Å². The number of likely N-dealkylation sites (tertiary alicyclic amines) is 1. The van der Waals surface area contributed by atoms with Crippen LogP contribution in [0.3, 0.4) is 0 Å². The first kappa shape index (κ1) is 18.6. The molecule has 1 fully saturated rings. The van der Waals surface area contributed by atoms with Gasteiger partial charge in [-0.2, -0.15) is 0 Å². The first-order valence-corrected chi connectivity index (χ1v) is 10.5. The molecule has 0 bridgehead atoms. The fourth-order valence-electron chi connectivity index (χ4n) is 3.60. The Labute approximate surface area is 168 Å². The normalized spacial score (nSPS) is 16.9. The molecular formula is C22H23N3O2S. The van der Waals surface area contributed by atoms with Crippen molar-refractivity contribution < 1.29 is 9.59 Å². The molecule has 144 valence electrons. The SMILES string of the molecule is O=C(NCCC(=O)N1CCC[C@@H](c2nc3ccccc3s2)C1)c1ccccc1. The second-order valence-electron chi connectivity index (χ2n) is 7.07. The average Bonchev–Trinajstić information content (AvgIpc) is 3.19. The van der Waals surface area contributed by atoms with Crippen LogP contribution in [0, 0.1) is 0 Å². The van der Waals surface area contributed by atoms with Crippen molar-refractivity contribution in [3.8, 4) is 0 Å². The minimum atomic E-state index is -0.139. The Morgan fingerprint density at radius 2 is 1.89 bits per heavy atom. The van der Waals surface area contributed by atoms with E-state index in [0.29, 0.717) is 31.0 Å². The molecule has 5 nitrogen and oxygen atoms in total. The monoisotopic (exact) mass is 393 g/mol. The lowest BCUT2D eigenvalue weighted by Crippen LogP contribution is -2.40. The van der Waals surface area contributed by atoms with Gasteiger partial charge in [0.05, 0.1) is 15.2 Å². The second kappa shape index (κ2) is 8.52. The highest BCUT2D eigenvalue weighted by atomic mass is 32.1. The van der Waals surface area contributed by atoms with Gasteiger partial charge in [-0.1, -0.05) is 30.3 Å². The number of carbonyl (C=O) groups excluding carboxylic acids is 2. The summed E-state index contributed by atoms with van der Waals surface area (Å²) in [6.07, 6.45) is 2.38. The maximum atomic E-state index is 12.6. The number of nitrogens with zero attached hydrogens (tertiary/aromatic N) is 2. The summed E-state index contributed by atoms with van der Waals surface area (Å²) in [5.74, 6) is 0.257. The summed E-state index contributed by atoms with van der Waals surface area (Å²) < 4.78 is 1.20. The van der Waals surface area contributed by atoms with Crippen LogP contribution >= 0.6 is 11.3 Å². The lowest BCUT2D eigenvalue weighted by molar-refractivity contribution is -0.132. The molecule has 0 radical (unpaired) electrons. The second-order valence-corrected chi connectivity index (χ2v) is 8.13. The third-order valence-corrected chi connectivity index (χ3v) is 6.29. The molecule has 1 atom stereocenters. The van der Waals surface area contributed by atoms with Gasteiger partial charge in [0.15, 0.2) is 0 Å². The molecule has 0 aliphatic carbocycles. The van der Waals surface area contributed by atoms with Gasteiger partial charge in [-0.25, -0.2) is 4.98 Å². The quantitative estimate of drug-likeness (QED) is 0.717. The highest BCUT2D eigenvalue weighted by molar-refractivity contribution is 7.18. The molecule has 2 amide bonds. The number of hydrogen-bond acceptors (Lipinski definition) is 4. The fourth-order valence-corrected chi connectivity index (χ4v) is 4.70. The Kier molecular flexibility index (Phi) is 5.67. The van der Waals surface area contributed by atoms with E-state index in [9.17, 15) is 9.59 Å². The van der Waals surface area contributed by atoms with Crippen molar-refractivity contribution in [1.82, 2.24) is 15.2 Å². The molecule has 1 aliphatic rings. The lowest BCUT2D eigenvalue weighted by atomic mass is 9.98. The number of thiazole rings is 1. The van der Waals surface area contributed by atoms with Gasteiger partial charge in [-0.15, -0.1) is 11.3 Å². The van der Waals surface area contributed by atoms with Crippen LogP contribution in [0.15, 0.2) is 54.6 Å². The summed E-state index contributed by atoms with van der Waals surface area (Å²) in [6, 6.07) is 17.2. The third kappa shape index (κ3) is 4.22. The molecule has 1 saturated heterocycles. The third-order valence-electron chi connectivity index (χ3n) is 5.09. The van der Waals surface area contributed by atoms with Crippen LogP contribution < -0.4 is 5.32 Å². The first-order chi connectivity index (χ1) is 13.7. The maximum Gasteiger partial charge on any atom is 0.251 e. The molecule has 2 heterocycles. The molecule has 0 spiro atoms. The zero-order chi connectivity index (χ0) is 19.3. The van der Waals surface area contributed by atoms with Crippen molar-refractivity contribution in [2.24, 2.45) is 0 Å². The molecule has 2 aromatic carbocycles. The van der Waals surface area contributed by atoms with Crippen LogP contribution in [-0.2, 0) is 4.79 Å². The number of amides is 2. The van der Waals surface area contributed by atoms with E-state index in [1.807, 2.05) is 41.3 Å². The van der Waals surface area contributed by atoms with Crippen LogP contribution in [0.25, 0.3) is 10.2 Å². The van der Waals surface area contributed by atoms with Gasteiger partial charge in [0.25, 0.3) is 5.91 Å². The topological polar surface area (TPSA) is 62.3 Å². The number of carbonyl (C=O) groups is 2.